The third kappa shape index (κ3) is 5.64. The number of benzene rings is 1. The molecule has 0 aromatic heterocycles. The number of hydrogen-bond donors (Lipinski definition) is 1. The van der Waals surface area contributed by atoms with Gasteiger partial charge in [0, 0.05) is 24.7 Å². The van der Waals surface area contributed by atoms with E-state index < -0.39 is 46.7 Å². The lowest BCUT2D eigenvalue weighted by Gasteiger charge is -2.44. The van der Waals surface area contributed by atoms with Gasteiger partial charge in [0.1, 0.15) is 18.2 Å². The van der Waals surface area contributed by atoms with E-state index in [1.807, 2.05) is 0 Å². The molecule has 2 rings (SSSR count). The molecule has 1 aromatic rings. The minimum absolute atomic E-state index is 0.213. The summed E-state index contributed by atoms with van der Waals surface area (Å²) in [7, 11) is -1.20. The minimum atomic E-state index is -3.90. The highest BCUT2D eigenvalue weighted by Gasteiger charge is 2.49. The van der Waals surface area contributed by atoms with E-state index in [0.29, 0.717) is 5.56 Å². The average Bonchev–Trinajstić information content (AvgIpc) is 2.67. The molecule has 1 aromatic carbocycles. The van der Waals surface area contributed by atoms with Gasteiger partial charge in [-0.2, -0.15) is 8.42 Å². The zero-order valence-electron chi connectivity index (χ0n) is 15.6. The van der Waals surface area contributed by atoms with Crippen molar-refractivity contribution in [3.63, 3.8) is 0 Å². The van der Waals surface area contributed by atoms with E-state index in [2.05, 4.69) is 15.3 Å². The standard InChI is InChI=1S/C16H22N4O7S/c1-24-14-12(19-15(21)10-7-5-4-6-8-10)16(25-2)26-11(9-18-20-17)13(14)27-28(3,22)23/h4-8,11-14,16H,9H2,1-3H3,(H,19,21)/t11-,12-,13-,14-,16-/m1/s1. The second-order valence-electron chi connectivity index (χ2n) is 6.02. The minimum Gasteiger partial charge on any atom is -0.376 e. The van der Waals surface area contributed by atoms with Crippen LogP contribution in [-0.4, -0.2) is 72.0 Å². The molecule has 5 atom stereocenters. The maximum absolute atomic E-state index is 12.6. The van der Waals surface area contributed by atoms with E-state index in [0.717, 1.165) is 6.26 Å². The zero-order valence-corrected chi connectivity index (χ0v) is 16.4. The van der Waals surface area contributed by atoms with Crippen LogP contribution in [0.15, 0.2) is 35.4 Å². The summed E-state index contributed by atoms with van der Waals surface area (Å²) in [6, 6.07) is 7.54. The molecule has 1 saturated heterocycles. The van der Waals surface area contributed by atoms with E-state index in [1.165, 1.54) is 14.2 Å². The van der Waals surface area contributed by atoms with Crippen LogP contribution in [0.25, 0.3) is 10.4 Å². The number of nitrogens with zero attached hydrogens (tertiary/aromatic N) is 3. The highest BCUT2D eigenvalue weighted by atomic mass is 32.2. The molecule has 1 aliphatic rings. The largest absolute Gasteiger partial charge is 0.376 e. The molecule has 0 aliphatic carbocycles. The third-order valence-corrected chi connectivity index (χ3v) is 4.67. The maximum atomic E-state index is 12.6. The number of ether oxygens (including phenoxy) is 3. The SMILES string of the molecule is CO[C@@H]1O[C@H](CN=[N+]=[N-])[C@@H](OS(C)(=O)=O)[C@H](OC)[C@H]1NC(=O)c1ccccc1. The first-order valence-electron chi connectivity index (χ1n) is 8.26. The molecule has 0 radical (unpaired) electrons. The summed E-state index contributed by atoms with van der Waals surface area (Å²) in [4.78, 5) is 15.2. The molecule has 1 N–H and O–H groups in total. The molecular weight excluding hydrogens is 392 g/mol. The van der Waals surface area contributed by atoms with Crippen LogP contribution in [-0.2, 0) is 28.5 Å². The molecule has 1 amide bonds. The third-order valence-electron chi connectivity index (χ3n) is 4.10. The molecule has 0 unspecified atom stereocenters. The Bertz CT molecular complexity index is 814. The van der Waals surface area contributed by atoms with Gasteiger partial charge in [0.25, 0.3) is 16.0 Å². The van der Waals surface area contributed by atoms with Gasteiger partial charge >= 0.3 is 0 Å². The van der Waals surface area contributed by atoms with Crippen molar-refractivity contribution in [1.29, 1.82) is 0 Å². The Morgan fingerprint density at radius 1 is 1.25 bits per heavy atom. The van der Waals surface area contributed by atoms with Crippen molar-refractivity contribution in [2.75, 3.05) is 27.0 Å². The van der Waals surface area contributed by atoms with Gasteiger partial charge in [0.05, 0.1) is 18.9 Å². The summed E-state index contributed by atoms with van der Waals surface area (Å²) in [6.07, 6.45) is -3.20. The smallest absolute Gasteiger partial charge is 0.264 e. The highest BCUT2D eigenvalue weighted by molar-refractivity contribution is 7.86. The van der Waals surface area contributed by atoms with Crippen molar-refractivity contribution in [3.05, 3.63) is 46.3 Å². The number of amides is 1. The first kappa shape index (κ1) is 22.1. The fourth-order valence-electron chi connectivity index (χ4n) is 2.94. The van der Waals surface area contributed by atoms with Gasteiger partial charge in [-0.1, -0.05) is 23.3 Å². The number of carbonyl (C=O) groups is 1. The molecule has 11 nitrogen and oxygen atoms in total. The predicted octanol–water partition coefficient (Wildman–Crippen LogP) is 0.826. The zero-order chi connectivity index (χ0) is 20.7. The van der Waals surface area contributed by atoms with Crippen LogP contribution in [0, 0.1) is 0 Å². The van der Waals surface area contributed by atoms with Crippen LogP contribution >= 0.6 is 0 Å². The molecule has 28 heavy (non-hydrogen) atoms. The summed E-state index contributed by atoms with van der Waals surface area (Å²) >= 11 is 0. The molecule has 154 valence electrons. The van der Waals surface area contributed by atoms with Crippen LogP contribution in [0.2, 0.25) is 0 Å². The lowest BCUT2D eigenvalue weighted by Crippen LogP contribution is -2.65. The van der Waals surface area contributed by atoms with Crippen molar-refractivity contribution in [2.24, 2.45) is 5.11 Å². The van der Waals surface area contributed by atoms with E-state index in [1.54, 1.807) is 30.3 Å². The second-order valence-corrected chi connectivity index (χ2v) is 7.62. The van der Waals surface area contributed by atoms with Crippen LogP contribution in [0.3, 0.4) is 0 Å². The van der Waals surface area contributed by atoms with Gasteiger partial charge in [0.2, 0.25) is 0 Å². The fraction of sp³-hybridized carbons (Fsp3) is 0.562. The van der Waals surface area contributed by atoms with Crippen LogP contribution in [0.5, 0.6) is 0 Å². The lowest BCUT2D eigenvalue weighted by molar-refractivity contribution is -0.251. The van der Waals surface area contributed by atoms with E-state index in [-0.39, 0.29) is 6.54 Å². The normalized spacial score (nSPS) is 27.6. The number of carbonyl (C=O) groups excluding carboxylic acids is 1. The summed E-state index contributed by atoms with van der Waals surface area (Å²) in [6.45, 7) is -0.213. The topological polar surface area (TPSA) is 149 Å². The van der Waals surface area contributed by atoms with Gasteiger partial charge in [-0.25, -0.2) is 0 Å². The molecule has 0 bridgehead atoms. The van der Waals surface area contributed by atoms with Crippen molar-refractivity contribution >= 4 is 16.0 Å². The van der Waals surface area contributed by atoms with Crippen LogP contribution in [0.4, 0.5) is 0 Å². The van der Waals surface area contributed by atoms with Gasteiger partial charge < -0.3 is 19.5 Å². The second kappa shape index (κ2) is 9.82. The van der Waals surface area contributed by atoms with Crippen LogP contribution < -0.4 is 5.32 Å². The van der Waals surface area contributed by atoms with Gasteiger partial charge in [-0.15, -0.1) is 0 Å². The van der Waals surface area contributed by atoms with E-state index in [9.17, 15) is 13.2 Å². The monoisotopic (exact) mass is 414 g/mol. The van der Waals surface area contributed by atoms with Crippen molar-refractivity contribution in [3.8, 4) is 0 Å². The van der Waals surface area contributed by atoms with Gasteiger partial charge in [-0.05, 0) is 17.7 Å². The van der Waals surface area contributed by atoms with Crippen molar-refractivity contribution in [1.82, 2.24) is 5.32 Å². The Balaban J connectivity index is 2.33. The highest BCUT2D eigenvalue weighted by Crippen LogP contribution is 2.28. The Hall–Kier alpha value is -2.21. The number of methoxy groups -OCH3 is 2. The van der Waals surface area contributed by atoms with Crippen molar-refractivity contribution in [2.45, 2.75) is 30.6 Å². The summed E-state index contributed by atoms with van der Waals surface area (Å²) in [5.74, 6) is -0.426. The fourth-order valence-corrected chi connectivity index (χ4v) is 3.58. The first-order chi connectivity index (χ1) is 13.3. The molecule has 0 saturated carbocycles. The Kier molecular flexibility index (Phi) is 7.75. The molecular formula is C16H22N4O7S. The number of hydrogen-bond acceptors (Lipinski definition) is 8. The molecule has 1 heterocycles. The maximum Gasteiger partial charge on any atom is 0.264 e. The Morgan fingerprint density at radius 3 is 2.46 bits per heavy atom. The van der Waals surface area contributed by atoms with Crippen LogP contribution in [0.1, 0.15) is 10.4 Å². The van der Waals surface area contributed by atoms with Gasteiger partial charge in [0.15, 0.2) is 6.29 Å². The summed E-state index contributed by atoms with van der Waals surface area (Å²) < 4.78 is 45.0. The average molecular weight is 414 g/mol. The lowest BCUT2D eigenvalue weighted by atomic mass is 9.96. The number of rotatable bonds is 8. The van der Waals surface area contributed by atoms with E-state index in [4.69, 9.17) is 23.9 Å². The predicted molar refractivity (Wildman–Crippen MR) is 97.9 cm³/mol. The summed E-state index contributed by atoms with van der Waals surface area (Å²) in [5, 5.41) is 6.17. The summed E-state index contributed by atoms with van der Waals surface area (Å²) in [5.41, 5.74) is 8.98. The Morgan fingerprint density at radius 2 is 1.93 bits per heavy atom. The quantitative estimate of drug-likeness (QED) is 0.286. The molecule has 12 heteroatoms. The first-order valence-corrected chi connectivity index (χ1v) is 10.1. The van der Waals surface area contributed by atoms with Gasteiger partial charge in [-0.3, -0.25) is 8.98 Å². The number of nitrogens with one attached hydrogen (secondary N) is 1. The van der Waals surface area contributed by atoms with Crippen molar-refractivity contribution < 1.29 is 31.6 Å². The molecule has 0 spiro atoms. The Labute approximate surface area is 162 Å². The number of azide groups is 1. The molecule has 1 fully saturated rings. The molecule has 1 aliphatic heterocycles. The van der Waals surface area contributed by atoms with E-state index >= 15 is 0 Å².